The molecule has 0 radical (unpaired) electrons. The SMILES string of the molecule is CC(C)(C)C(=O)C=c1sc(=Cc2ccsc2)c(=O)n1Cc1ccc(F)cc1Cl. The third-order valence-corrected chi connectivity index (χ3v) is 6.23. The van der Waals surface area contributed by atoms with Gasteiger partial charge in [-0.1, -0.05) is 38.4 Å². The minimum atomic E-state index is -0.560. The van der Waals surface area contributed by atoms with Crippen molar-refractivity contribution in [2.45, 2.75) is 27.3 Å². The van der Waals surface area contributed by atoms with Crippen molar-refractivity contribution >= 4 is 52.2 Å². The van der Waals surface area contributed by atoms with Crippen molar-refractivity contribution in [3.63, 3.8) is 0 Å². The molecule has 146 valence electrons. The number of nitrogens with zero attached hydrogens (tertiary/aromatic N) is 1. The highest BCUT2D eigenvalue weighted by Crippen LogP contribution is 2.18. The molecule has 0 atom stereocenters. The van der Waals surface area contributed by atoms with Gasteiger partial charge < -0.3 is 0 Å². The number of thiophene rings is 1. The van der Waals surface area contributed by atoms with E-state index in [-0.39, 0.29) is 22.9 Å². The lowest BCUT2D eigenvalue weighted by molar-refractivity contribution is -0.120. The molecule has 7 heteroatoms. The van der Waals surface area contributed by atoms with Gasteiger partial charge in [0.15, 0.2) is 5.78 Å². The van der Waals surface area contributed by atoms with Crippen molar-refractivity contribution in [2.75, 3.05) is 0 Å². The fraction of sp³-hybridized carbons (Fsp3) is 0.238. The molecule has 2 heterocycles. The first-order chi connectivity index (χ1) is 13.1. The Hall–Kier alpha value is -2.02. The maximum atomic E-state index is 13.4. The van der Waals surface area contributed by atoms with Crippen molar-refractivity contribution in [3.8, 4) is 0 Å². The van der Waals surface area contributed by atoms with Crippen LogP contribution in [-0.2, 0) is 11.3 Å². The fourth-order valence-electron chi connectivity index (χ4n) is 2.45. The van der Waals surface area contributed by atoms with E-state index in [1.54, 1.807) is 17.4 Å². The first-order valence-corrected chi connectivity index (χ1v) is 10.7. The third kappa shape index (κ3) is 4.69. The number of hydrogen-bond acceptors (Lipinski definition) is 4. The Morgan fingerprint density at radius 3 is 2.64 bits per heavy atom. The normalized spacial score (nSPS) is 13.3. The quantitative estimate of drug-likeness (QED) is 0.620. The van der Waals surface area contributed by atoms with Gasteiger partial charge in [0.2, 0.25) is 0 Å². The number of ketones is 1. The maximum Gasteiger partial charge on any atom is 0.269 e. The number of aromatic nitrogens is 1. The molecule has 3 rings (SSSR count). The average Bonchev–Trinajstić information content (AvgIpc) is 3.20. The molecule has 0 saturated heterocycles. The minimum absolute atomic E-state index is 0.0743. The van der Waals surface area contributed by atoms with Crippen LogP contribution in [0.3, 0.4) is 0 Å². The summed E-state index contributed by atoms with van der Waals surface area (Å²) in [4.78, 5) is 25.6. The molecule has 0 saturated carbocycles. The first kappa shape index (κ1) is 20.7. The summed E-state index contributed by atoms with van der Waals surface area (Å²) in [6.07, 6.45) is 3.32. The summed E-state index contributed by atoms with van der Waals surface area (Å²) in [7, 11) is 0. The molecular weight excluding hydrogens is 417 g/mol. The predicted octanol–water partition coefficient (Wildman–Crippen LogP) is 4.04. The number of halogens is 2. The van der Waals surface area contributed by atoms with Gasteiger partial charge in [0.05, 0.1) is 11.1 Å². The van der Waals surface area contributed by atoms with Crippen LogP contribution >= 0.6 is 34.3 Å². The molecule has 3 aromatic rings. The monoisotopic (exact) mass is 435 g/mol. The second-order valence-corrected chi connectivity index (χ2v) is 9.64. The summed E-state index contributed by atoms with van der Waals surface area (Å²) >= 11 is 8.96. The summed E-state index contributed by atoms with van der Waals surface area (Å²) in [5, 5.41) is 4.13. The predicted molar refractivity (Wildman–Crippen MR) is 115 cm³/mol. The van der Waals surface area contributed by atoms with E-state index in [4.69, 9.17) is 11.6 Å². The highest BCUT2D eigenvalue weighted by atomic mass is 35.5. The molecule has 0 aliphatic rings. The van der Waals surface area contributed by atoms with Gasteiger partial charge in [-0.3, -0.25) is 14.2 Å². The molecule has 28 heavy (non-hydrogen) atoms. The van der Waals surface area contributed by atoms with E-state index in [2.05, 4.69) is 0 Å². The van der Waals surface area contributed by atoms with E-state index in [1.165, 1.54) is 34.1 Å². The van der Waals surface area contributed by atoms with Crippen molar-refractivity contribution < 1.29 is 9.18 Å². The van der Waals surface area contributed by atoms with Gasteiger partial charge >= 0.3 is 0 Å². The Kier molecular flexibility index (Phi) is 6.03. The van der Waals surface area contributed by atoms with Crippen LogP contribution in [0.5, 0.6) is 0 Å². The molecule has 0 amide bonds. The average molecular weight is 436 g/mol. The summed E-state index contributed by atoms with van der Waals surface area (Å²) in [6, 6.07) is 6.01. The van der Waals surface area contributed by atoms with Crippen LogP contribution in [-0.4, -0.2) is 10.4 Å². The van der Waals surface area contributed by atoms with E-state index in [9.17, 15) is 14.0 Å². The second-order valence-electron chi connectivity index (χ2n) is 7.39. The van der Waals surface area contributed by atoms with E-state index < -0.39 is 11.2 Å². The Bertz CT molecular complexity index is 1180. The number of carbonyl (C=O) groups is 1. The molecule has 0 unspecified atom stereocenters. The standard InChI is InChI=1S/C21H19ClFNO2S2/c1-21(2,3)18(25)10-19-24(11-14-4-5-15(23)9-16(14)22)20(26)17(28-19)8-13-6-7-27-12-13/h4-10,12H,11H2,1-3H3. The van der Waals surface area contributed by atoms with Crippen molar-refractivity contribution in [1.82, 2.24) is 4.57 Å². The van der Waals surface area contributed by atoms with Crippen LogP contribution < -0.4 is 14.8 Å². The molecule has 0 fully saturated rings. The van der Waals surface area contributed by atoms with Gasteiger partial charge in [0.25, 0.3) is 5.56 Å². The van der Waals surface area contributed by atoms with Crippen LogP contribution in [0.1, 0.15) is 31.9 Å². The number of hydrogen-bond donors (Lipinski definition) is 0. The molecule has 0 bridgehead atoms. The molecular formula is C21H19ClFNO2S2. The second kappa shape index (κ2) is 8.15. The lowest BCUT2D eigenvalue weighted by Crippen LogP contribution is -2.33. The molecule has 2 aromatic heterocycles. The van der Waals surface area contributed by atoms with E-state index in [1.807, 2.05) is 43.7 Å². The van der Waals surface area contributed by atoms with Crippen LogP contribution in [0.2, 0.25) is 5.02 Å². The Morgan fingerprint density at radius 1 is 1.29 bits per heavy atom. The van der Waals surface area contributed by atoms with Gasteiger partial charge in [0.1, 0.15) is 10.5 Å². The Morgan fingerprint density at radius 2 is 2.04 bits per heavy atom. The molecule has 0 spiro atoms. The van der Waals surface area contributed by atoms with Gasteiger partial charge in [-0.2, -0.15) is 11.3 Å². The van der Waals surface area contributed by atoms with Crippen LogP contribution in [0.15, 0.2) is 39.8 Å². The number of benzene rings is 1. The van der Waals surface area contributed by atoms with E-state index in [0.717, 1.165) is 5.56 Å². The number of Topliss-reactive ketones (excluding diaryl/α,β-unsaturated/α-hetero) is 1. The fourth-order valence-corrected chi connectivity index (χ4v) is 4.34. The summed E-state index contributed by atoms with van der Waals surface area (Å²) < 4.78 is 16.0. The molecule has 0 aliphatic heterocycles. The zero-order valence-corrected chi connectivity index (χ0v) is 18.1. The molecule has 3 nitrogen and oxygen atoms in total. The molecule has 1 aromatic carbocycles. The molecule has 0 N–H and O–H groups in total. The van der Waals surface area contributed by atoms with Gasteiger partial charge in [-0.25, -0.2) is 4.39 Å². The van der Waals surface area contributed by atoms with Crippen LogP contribution in [0, 0.1) is 11.2 Å². The topological polar surface area (TPSA) is 39.1 Å². The van der Waals surface area contributed by atoms with Crippen molar-refractivity contribution in [1.29, 1.82) is 0 Å². The van der Waals surface area contributed by atoms with Gasteiger partial charge in [-0.05, 0) is 46.2 Å². The third-order valence-electron chi connectivity index (χ3n) is 4.11. The minimum Gasteiger partial charge on any atom is -0.294 e. The summed E-state index contributed by atoms with van der Waals surface area (Å²) in [5.41, 5.74) is 0.784. The zero-order chi connectivity index (χ0) is 20.5. The first-order valence-electron chi connectivity index (χ1n) is 8.59. The van der Waals surface area contributed by atoms with Crippen molar-refractivity contribution in [2.24, 2.45) is 5.41 Å². The zero-order valence-electron chi connectivity index (χ0n) is 15.7. The lowest BCUT2D eigenvalue weighted by Gasteiger charge is -2.13. The smallest absolute Gasteiger partial charge is 0.269 e. The van der Waals surface area contributed by atoms with Gasteiger partial charge in [-0.15, -0.1) is 11.3 Å². The lowest BCUT2D eigenvalue weighted by atomic mass is 9.91. The highest BCUT2D eigenvalue weighted by Gasteiger charge is 2.19. The van der Waals surface area contributed by atoms with Gasteiger partial charge in [0, 0.05) is 16.5 Å². The van der Waals surface area contributed by atoms with Crippen LogP contribution in [0.25, 0.3) is 12.2 Å². The maximum absolute atomic E-state index is 13.4. The largest absolute Gasteiger partial charge is 0.294 e. The van der Waals surface area contributed by atoms with E-state index >= 15 is 0 Å². The Balaban J connectivity index is 2.19. The number of rotatable bonds is 4. The highest BCUT2D eigenvalue weighted by molar-refractivity contribution is 7.08. The summed E-state index contributed by atoms with van der Waals surface area (Å²) in [6.45, 7) is 5.65. The van der Waals surface area contributed by atoms with E-state index in [0.29, 0.717) is 14.8 Å². The Labute approximate surface area is 175 Å². The van der Waals surface area contributed by atoms with Crippen LogP contribution in [0.4, 0.5) is 4.39 Å². The number of thiazole rings is 1. The van der Waals surface area contributed by atoms with Crippen molar-refractivity contribution in [3.05, 3.63) is 76.5 Å². The number of carbonyl (C=O) groups excluding carboxylic acids is 1. The molecule has 0 aliphatic carbocycles. The summed E-state index contributed by atoms with van der Waals surface area (Å²) in [5.74, 6) is -0.512.